The molecule has 0 radical (unpaired) electrons. The molecule has 112 valence electrons. The van der Waals surface area contributed by atoms with Crippen LogP contribution in [0, 0.1) is 0 Å². The Morgan fingerprint density at radius 3 is 2.79 bits per heavy atom. The molecule has 0 saturated carbocycles. The number of nitrogens with zero attached hydrogens (tertiary/aromatic N) is 1. The van der Waals surface area contributed by atoms with Gasteiger partial charge < -0.3 is 15.2 Å². The Morgan fingerprint density at radius 1 is 1.47 bits per heavy atom. The van der Waals surface area contributed by atoms with Gasteiger partial charge in [0.15, 0.2) is 0 Å². The second kappa shape index (κ2) is 8.56. The molecule has 0 aromatic carbocycles. The van der Waals surface area contributed by atoms with E-state index in [9.17, 15) is 5.11 Å². The first-order valence-electron chi connectivity index (χ1n) is 7.55. The minimum Gasteiger partial charge on any atom is -0.492 e. The quantitative estimate of drug-likeness (QED) is 0.705. The van der Waals surface area contributed by atoms with E-state index in [2.05, 4.69) is 37.1 Å². The number of hydrogen-bond acceptors (Lipinski definition) is 4. The Morgan fingerprint density at radius 2 is 2.21 bits per heavy atom. The molecule has 0 bridgehead atoms. The fraction of sp³-hybridized carbons (Fsp3) is 0.867. The Balaban J connectivity index is 2.73. The fourth-order valence-corrected chi connectivity index (χ4v) is 2.81. The molecule has 19 heavy (non-hydrogen) atoms. The number of aliphatic hydroxyl groups excluding tert-OH is 1. The van der Waals surface area contributed by atoms with Crippen molar-refractivity contribution in [1.82, 2.24) is 10.2 Å². The van der Waals surface area contributed by atoms with Crippen LogP contribution < -0.4 is 5.32 Å². The Bertz CT molecular complexity index is 275. The smallest absolute Gasteiger partial charge is 0.129 e. The van der Waals surface area contributed by atoms with Gasteiger partial charge in [0.1, 0.15) is 6.10 Å². The van der Waals surface area contributed by atoms with Crippen LogP contribution >= 0.6 is 0 Å². The molecule has 1 aliphatic rings. The van der Waals surface area contributed by atoms with Crippen molar-refractivity contribution in [3.8, 4) is 0 Å². The summed E-state index contributed by atoms with van der Waals surface area (Å²) in [5.74, 6) is 1.02. The van der Waals surface area contributed by atoms with Crippen molar-refractivity contribution in [3.63, 3.8) is 0 Å². The van der Waals surface area contributed by atoms with E-state index in [4.69, 9.17) is 4.74 Å². The van der Waals surface area contributed by atoms with Crippen LogP contribution in [0.4, 0.5) is 0 Å². The summed E-state index contributed by atoms with van der Waals surface area (Å²) >= 11 is 0. The molecule has 2 N–H and O–H groups in total. The van der Waals surface area contributed by atoms with Crippen molar-refractivity contribution in [1.29, 1.82) is 0 Å². The molecule has 0 fully saturated rings. The van der Waals surface area contributed by atoms with Gasteiger partial charge in [-0.05, 0) is 45.9 Å². The van der Waals surface area contributed by atoms with Crippen molar-refractivity contribution in [2.45, 2.75) is 58.7 Å². The van der Waals surface area contributed by atoms with Crippen molar-refractivity contribution in [2.75, 3.05) is 26.2 Å². The number of hydrogen-bond donors (Lipinski definition) is 2. The average Bonchev–Trinajstić information content (AvgIpc) is 2.40. The molecule has 3 unspecified atom stereocenters. The summed E-state index contributed by atoms with van der Waals surface area (Å²) < 4.78 is 6.06. The standard InChI is InChI=1S/C15H30N2O2/c1-5-9-17(10-11-18)13(4)15-14(16-6-2)8-7-12(3)19-15/h7,13-16,18H,5-6,8-11H2,1-4H3. The van der Waals surface area contributed by atoms with Gasteiger partial charge in [0.2, 0.25) is 0 Å². The van der Waals surface area contributed by atoms with Gasteiger partial charge >= 0.3 is 0 Å². The summed E-state index contributed by atoms with van der Waals surface area (Å²) in [6, 6.07) is 0.668. The maximum absolute atomic E-state index is 9.22. The van der Waals surface area contributed by atoms with Crippen LogP contribution in [0.5, 0.6) is 0 Å². The lowest BCUT2D eigenvalue weighted by Gasteiger charge is -2.40. The summed E-state index contributed by atoms with van der Waals surface area (Å²) in [4.78, 5) is 2.33. The first-order valence-corrected chi connectivity index (χ1v) is 7.55. The molecule has 0 saturated heterocycles. The molecular formula is C15H30N2O2. The molecule has 3 atom stereocenters. The largest absolute Gasteiger partial charge is 0.492 e. The molecule has 1 rings (SSSR count). The minimum atomic E-state index is 0.156. The number of allylic oxidation sites excluding steroid dienone is 1. The molecule has 4 heteroatoms. The van der Waals surface area contributed by atoms with E-state index in [-0.39, 0.29) is 12.7 Å². The van der Waals surface area contributed by atoms with Gasteiger partial charge in [0, 0.05) is 18.6 Å². The zero-order chi connectivity index (χ0) is 14.3. The molecule has 0 amide bonds. The molecule has 1 heterocycles. The summed E-state index contributed by atoms with van der Waals surface area (Å²) in [6.45, 7) is 11.4. The summed E-state index contributed by atoms with van der Waals surface area (Å²) in [6.07, 6.45) is 4.43. The van der Waals surface area contributed by atoms with Crippen molar-refractivity contribution in [3.05, 3.63) is 11.8 Å². The first-order chi connectivity index (χ1) is 9.13. The molecule has 0 aliphatic carbocycles. The van der Waals surface area contributed by atoms with Crippen LogP contribution in [0.15, 0.2) is 11.8 Å². The second-order valence-corrected chi connectivity index (χ2v) is 5.30. The summed E-state index contributed by atoms with van der Waals surface area (Å²) in [7, 11) is 0. The average molecular weight is 270 g/mol. The van der Waals surface area contributed by atoms with Gasteiger partial charge in [-0.2, -0.15) is 0 Å². The van der Waals surface area contributed by atoms with Crippen molar-refractivity contribution >= 4 is 0 Å². The second-order valence-electron chi connectivity index (χ2n) is 5.30. The highest BCUT2D eigenvalue weighted by Crippen LogP contribution is 2.22. The van der Waals surface area contributed by atoms with Gasteiger partial charge in [0.25, 0.3) is 0 Å². The molecule has 0 aromatic heterocycles. The fourth-order valence-electron chi connectivity index (χ4n) is 2.81. The van der Waals surface area contributed by atoms with Gasteiger partial charge in [-0.1, -0.05) is 13.8 Å². The predicted octanol–water partition coefficient (Wildman–Crippen LogP) is 1.75. The zero-order valence-corrected chi connectivity index (χ0v) is 12.9. The Labute approximate surface area is 117 Å². The lowest BCUT2D eigenvalue weighted by Crippen LogP contribution is -2.54. The van der Waals surface area contributed by atoms with Crippen LogP contribution in [-0.4, -0.2) is 54.4 Å². The van der Waals surface area contributed by atoms with E-state index in [0.717, 1.165) is 38.2 Å². The predicted molar refractivity (Wildman–Crippen MR) is 79.1 cm³/mol. The Kier molecular flexibility index (Phi) is 7.42. The lowest BCUT2D eigenvalue weighted by atomic mass is 9.97. The normalized spacial score (nSPS) is 25.1. The molecular weight excluding hydrogens is 240 g/mol. The van der Waals surface area contributed by atoms with Crippen LogP contribution in [0.3, 0.4) is 0 Å². The minimum absolute atomic E-state index is 0.156. The highest BCUT2D eigenvalue weighted by Gasteiger charge is 2.33. The lowest BCUT2D eigenvalue weighted by molar-refractivity contribution is -0.00674. The van der Waals surface area contributed by atoms with Crippen LogP contribution in [0.1, 0.15) is 40.5 Å². The van der Waals surface area contributed by atoms with Crippen LogP contribution in [0.25, 0.3) is 0 Å². The highest BCUT2D eigenvalue weighted by molar-refractivity contribution is 5.03. The third kappa shape index (κ3) is 4.79. The van der Waals surface area contributed by atoms with E-state index in [1.807, 2.05) is 6.92 Å². The number of nitrogens with one attached hydrogen (secondary N) is 1. The molecule has 1 aliphatic heterocycles. The first kappa shape index (κ1) is 16.5. The topological polar surface area (TPSA) is 44.7 Å². The van der Waals surface area contributed by atoms with Gasteiger partial charge in [0.05, 0.1) is 12.4 Å². The maximum Gasteiger partial charge on any atom is 0.129 e. The molecule has 0 aromatic rings. The van der Waals surface area contributed by atoms with E-state index in [1.165, 1.54) is 0 Å². The number of rotatable bonds is 8. The number of likely N-dealkylation sites (N-methyl/N-ethyl adjacent to an activating group) is 1. The van der Waals surface area contributed by atoms with Crippen LogP contribution in [0.2, 0.25) is 0 Å². The van der Waals surface area contributed by atoms with E-state index in [0.29, 0.717) is 12.1 Å². The van der Waals surface area contributed by atoms with Gasteiger partial charge in [-0.25, -0.2) is 0 Å². The summed E-state index contributed by atoms with van der Waals surface area (Å²) in [5.41, 5.74) is 0. The molecule has 0 spiro atoms. The van der Waals surface area contributed by atoms with E-state index >= 15 is 0 Å². The van der Waals surface area contributed by atoms with Crippen molar-refractivity contribution < 1.29 is 9.84 Å². The molecule has 4 nitrogen and oxygen atoms in total. The number of ether oxygens (including phenoxy) is 1. The van der Waals surface area contributed by atoms with Crippen molar-refractivity contribution in [2.24, 2.45) is 0 Å². The number of aliphatic hydroxyl groups is 1. The van der Waals surface area contributed by atoms with Gasteiger partial charge in [-0.3, -0.25) is 4.90 Å². The highest BCUT2D eigenvalue weighted by atomic mass is 16.5. The zero-order valence-electron chi connectivity index (χ0n) is 12.9. The van der Waals surface area contributed by atoms with Crippen LogP contribution in [-0.2, 0) is 4.74 Å². The van der Waals surface area contributed by atoms with E-state index < -0.39 is 0 Å². The monoisotopic (exact) mass is 270 g/mol. The van der Waals surface area contributed by atoms with Gasteiger partial charge in [-0.15, -0.1) is 0 Å². The third-order valence-corrected chi connectivity index (χ3v) is 3.79. The third-order valence-electron chi connectivity index (χ3n) is 3.79. The Hall–Kier alpha value is -0.580. The summed E-state index contributed by atoms with van der Waals surface area (Å²) in [5, 5.41) is 12.7. The van der Waals surface area contributed by atoms with E-state index in [1.54, 1.807) is 0 Å². The SMILES string of the molecule is CCCN(CCO)C(C)C1OC(C)=CCC1NCC. The maximum atomic E-state index is 9.22.